The van der Waals surface area contributed by atoms with Gasteiger partial charge in [0.2, 0.25) is 0 Å². The molecular formula is C36H41F3N8O. The number of nitrogens with one attached hydrogen (secondary N) is 1. The number of amides is 1. The molecule has 12 heteroatoms. The molecule has 9 nitrogen and oxygen atoms in total. The molecular weight excluding hydrogens is 617 g/mol. The standard InChI is InChI=1S/C36H41F3N8O/c1-5-35(10-11-35)43-31-16-24(27-18-40-12-9-25(27)33-44-41-21-45(33)4)17-32(42-31)47-20-28-26(34(47)48)14-23(15-29(28)36(37,38)39)19-46-13-7-6-8-30(46)22(2)3/h9,12,14-18,21-22,30H,5-8,10-11,13,19-20H2,1-4H3,(H,42,43)/t30-/m0/s1. The first-order valence-electron chi connectivity index (χ1n) is 16.8. The Morgan fingerprint density at radius 2 is 1.90 bits per heavy atom. The molecule has 0 unspecified atom stereocenters. The Bertz CT molecular complexity index is 1850. The topological polar surface area (TPSA) is 92.1 Å². The fourth-order valence-electron chi connectivity index (χ4n) is 7.41. The summed E-state index contributed by atoms with van der Waals surface area (Å²) in [5.41, 5.74) is 1.98. The van der Waals surface area contributed by atoms with Crippen molar-refractivity contribution in [3.63, 3.8) is 0 Å². The van der Waals surface area contributed by atoms with E-state index in [9.17, 15) is 18.0 Å². The summed E-state index contributed by atoms with van der Waals surface area (Å²) < 4.78 is 45.8. The third kappa shape index (κ3) is 6.06. The molecule has 1 saturated carbocycles. The minimum atomic E-state index is -4.61. The van der Waals surface area contributed by atoms with Crippen LogP contribution in [-0.2, 0) is 26.3 Å². The van der Waals surface area contributed by atoms with Gasteiger partial charge in [-0.15, -0.1) is 10.2 Å². The number of aromatic nitrogens is 5. The van der Waals surface area contributed by atoms with Crippen LogP contribution in [0.4, 0.5) is 24.8 Å². The quantitative estimate of drug-likeness (QED) is 0.199. The second-order valence-electron chi connectivity index (χ2n) is 13.9. The Morgan fingerprint density at radius 1 is 1.08 bits per heavy atom. The summed E-state index contributed by atoms with van der Waals surface area (Å²) in [6.45, 7) is 7.41. The molecule has 0 radical (unpaired) electrons. The number of hydrogen-bond donors (Lipinski definition) is 1. The third-order valence-electron chi connectivity index (χ3n) is 10.3. The van der Waals surface area contributed by atoms with Crippen molar-refractivity contribution in [1.82, 2.24) is 29.6 Å². The number of nitrogens with zero attached hydrogens (tertiary/aromatic N) is 7. The first-order chi connectivity index (χ1) is 23.0. The van der Waals surface area contributed by atoms with E-state index < -0.39 is 17.6 Å². The number of halogens is 3. The molecule has 1 aromatic carbocycles. The van der Waals surface area contributed by atoms with E-state index in [0.29, 0.717) is 41.3 Å². The summed E-state index contributed by atoms with van der Waals surface area (Å²) in [6, 6.07) is 8.73. The Hall–Kier alpha value is -4.32. The number of rotatable bonds is 9. The fourth-order valence-corrected chi connectivity index (χ4v) is 7.41. The zero-order valence-corrected chi connectivity index (χ0v) is 27.8. The lowest BCUT2D eigenvalue weighted by molar-refractivity contribution is -0.138. The maximum Gasteiger partial charge on any atom is 0.416 e. The number of aryl methyl sites for hydroxylation is 1. The highest BCUT2D eigenvalue weighted by Crippen LogP contribution is 2.44. The van der Waals surface area contributed by atoms with Crippen molar-refractivity contribution in [3.8, 4) is 22.5 Å². The maximum absolute atomic E-state index is 14.7. The zero-order valence-electron chi connectivity index (χ0n) is 27.8. The Labute approximate surface area is 278 Å². The number of pyridine rings is 2. The van der Waals surface area contributed by atoms with Gasteiger partial charge in [0.05, 0.1) is 12.1 Å². The van der Waals surface area contributed by atoms with Gasteiger partial charge in [0.1, 0.15) is 18.0 Å². The lowest BCUT2D eigenvalue weighted by Crippen LogP contribution is -2.42. The van der Waals surface area contributed by atoms with E-state index in [0.717, 1.165) is 56.2 Å². The molecule has 48 heavy (non-hydrogen) atoms. The lowest BCUT2D eigenvalue weighted by atomic mass is 9.91. The number of carbonyl (C=O) groups is 1. The van der Waals surface area contributed by atoms with Crippen molar-refractivity contribution < 1.29 is 18.0 Å². The van der Waals surface area contributed by atoms with Gasteiger partial charge in [0, 0.05) is 54.3 Å². The molecule has 0 spiro atoms. The number of fused-ring (bicyclic) bond motifs is 1. The van der Waals surface area contributed by atoms with Crippen LogP contribution in [0.15, 0.2) is 49.1 Å². The van der Waals surface area contributed by atoms with Gasteiger partial charge in [-0.05, 0) is 91.6 Å². The molecule has 3 aromatic heterocycles. The molecule has 1 N–H and O–H groups in total. The molecule has 1 saturated heterocycles. The summed E-state index contributed by atoms with van der Waals surface area (Å²) in [4.78, 5) is 27.0. The smallest absolute Gasteiger partial charge is 0.365 e. The van der Waals surface area contributed by atoms with Crippen molar-refractivity contribution >= 4 is 17.5 Å². The van der Waals surface area contributed by atoms with Gasteiger partial charge < -0.3 is 9.88 Å². The van der Waals surface area contributed by atoms with Gasteiger partial charge in [-0.25, -0.2) is 4.98 Å². The molecule has 5 heterocycles. The van der Waals surface area contributed by atoms with E-state index in [1.54, 1.807) is 35.4 Å². The number of benzene rings is 1. The fraction of sp³-hybridized carbons (Fsp3) is 0.472. The average molecular weight is 659 g/mol. The number of piperidine rings is 1. The number of likely N-dealkylation sites (tertiary alicyclic amines) is 1. The van der Waals surface area contributed by atoms with Crippen LogP contribution in [0.5, 0.6) is 0 Å². The van der Waals surface area contributed by atoms with Crippen molar-refractivity contribution in [1.29, 1.82) is 0 Å². The maximum atomic E-state index is 14.7. The van der Waals surface area contributed by atoms with Crippen LogP contribution in [-0.4, -0.2) is 53.7 Å². The van der Waals surface area contributed by atoms with Gasteiger partial charge in [0.25, 0.3) is 5.91 Å². The summed E-state index contributed by atoms with van der Waals surface area (Å²) in [6.07, 6.45) is 6.42. The van der Waals surface area contributed by atoms with Crippen LogP contribution in [0.2, 0.25) is 0 Å². The molecule has 4 aromatic rings. The molecule has 1 atom stereocenters. The average Bonchev–Trinajstić information content (AvgIpc) is 3.58. The van der Waals surface area contributed by atoms with Crippen LogP contribution in [0, 0.1) is 5.92 Å². The number of alkyl halides is 3. The van der Waals surface area contributed by atoms with Gasteiger partial charge in [0.15, 0.2) is 5.82 Å². The summed E-state index contributed by atoms with van der Waals surface area (Å²) >= 11 is 0. The van der Waals surface area contributed by atoms with Crippen molar-refractivity contribution in [3.05, 3.63) is 71.3 Å². The van der Waals surface area contributed by atoms with E-state index >= 15 is 0 Å². The highest BCUT2D eigenvalue weighted by molar-refractivity contribution is 6.10. The molecule has 7 rings (SSSR count). The second-order valence-corrected chi connectivity index (χ2v) is 13.9. The number of hydrogen-bond acceptors (Lipinski definition) is 7. The van der Waals surface area contributed by atoms with Crippen LogP contribution >= 0.6 is 0 Å². The molecule has 0 bridgehead atoms. The number of anilines is 2. The molecule has 1 amide bonds. The Balaban J connectivity index is 1.30. The highest BCUT2D eigenvalue weighted by atomic mass is 19.4. The van der Waals surface area contributed by atoms with E-state index in [2.05, 4.69) is 46.2 Å². The highest BCUT2D eigenvalue weighted by Gasteiger charge is 2.43. The van der Waals surface area contributed by atoms with Crippen LogP contribution in [0.25, 0.3) is 22.5 Å². The zero-order chi connectivity index (χ0) is 33.8. The van der Waals surface area contributed by atoms with Gasteiger partial charge in [-0.3, -0.25) is 19.6 Å². The van der Waals surface area contributed by atoms with Gasteiger partial charge in [-0.1, -0.05) is 27.2 Å². The molecule has 2 fully saturated rings. The molecule has 3 aliphatic rings. The second kappa shape index (κ2) is 12.3. The SMILES string of the molecule is CCC1(Nc2cc(-c3cnccc3-c3nncn3C)cc(N3Cc4c(cc(CN5CCCC[C@H]5C(C)C)cc4C(F)(F)F)C3=O)n2)CC1. The Kier molecular flexibility index (Phi) is 8.25. The summed E-state index contributed by atoms with van der Waals surface area (Å²) in [5, 5.41) is 11.9. The van der Waals surface area contributed by atoms with E-state index in [4.69, 9.17) is 4.98 Å². The summed E-state index contributed by atoms with van der Waals surface area (Å²) in [7, 11) is 1.85. The van der Waals surface area contributed by atoms with E-state index in [1.807, 2.05) is 19.2 Å². The predicted octanol–water partition coefficient (Wildman–Crippen LogP) is 7.48. The normalized spacial score (nSPS) is 19.2. The van der Waals surface area contributed by atoms with Gasteiger partial charge >= 0.3 is 6.18 Å². The van der Waals surface area contributed by atoms with E-state index in [-0.39, 0.29) is 29.0 Å². The first-order valence-corrected chi connectivity index (χ1v) is 16.8. The monoisotopic (exact) mass is 658 g/mol. The van der Waals surface area contributed by atoms with Gasteiger partial charge in [-0.2, -0.15) is 13.2 Å². The van der Waals surface area contributed by atoms with Crippen LogP contribution in [0.1, 0.15) is 86.3 Å². The summed E-state index contributed by atoms with van der Waals surface area (Å²) in [5.74, 6) is 1.37. The van der Waals surface area contributed by atoms with Crippen LogP contribution in [0.3, 0.4) is 0 Å². The predicted molar refractivity (Wildman–Crippen MR) is 178 cm³/mol. The first kappa shape index (κ1) is 32.2. The van der Waals surface area contributed by atoms with Crippen LogP contribution < -0.4 is 10.2 Å². The Morgan fingerprint density at radius 3 is 2.58 bits per heavy atom. The van der Waals surface area contributed by atoms with Crippen molar-refractivity contribution in [2.45, 2.75) is 90.1 Å². The minimum Gasteiger partial charge on any atom is -0.365 e. The molecule has 252 valence electrons. The largest absolute Gasteiger partial charge is 0.416 e. The van der Waals surface area contributed by atoms with Crippen molar-refractivity contribution in [2.24, 2.45) is 13.0 Å². The lowest BCUT2D eigenvalue weighted by Gasteiger charge is -2.38. The van der Waals surface area contributed by atoms with Crippen molar-refractivity contribution in [2.75, 3.05) is 16.8 Å². The number of carbonyl (C=O) groups excluding carboxylic acids is 1. The third-order valence-corrected chi connectivity index (χ3v) is 10.3. The van der Waals surface area contributed by atoms with E-state index in [1.165, 1.54) is 11.0 Å². The molecule has 2 aliphatic heterocycles. The molecule has 1 aliphatic carbocycles. The minimum absolute atomic E-state index is 0.00890.